The van der Waals surface area contributed by atoms with Gasteiger partial charge in [-0.1, -0.05) is 29.3 Å². The van der Waals surface area contributed by atoms with E-state index < -0.39 is 0 Å². The lowest BCUT2D eigenvalue weighted by Crippen LogP contribution is -2.27. The number of fused-ring (bicyclic) bond motifs is 1. The molecule has 1 aliphatic carbocycles. The van der Waals surface area contributed by atoms with Crippen molar-refractivity contribution in [2.24, 2.45) is 5.92 Å². The minimum atomic E-state index is -0.297. The molecule has 2 atom stereocenters. The van der Waals surface area contributed by atoms with Gasteiger partial charge < -0.3 is 5.32 Å². The summed E-state index contributed by atoms with van der Waals surface area (Å²) in [6, 6.07) is 5.48. The zero-order chi connectivity index (χ0) is 10.6. The number of nitrogens with one attached hydrogen (secondary N) is 1. The summed E-state index contributed by atoms with van der Waals surface area (Å²) < 4.78 is 0. The number of amides is 1. The first kappa shape index (κ1) is 9.49. The first-order chi connectivity index (χ1) is 7.14. The minimum absolute atomic E-state index is 0.130. The molecule has 1 heterocycles. The van der Waals surface area contributed by atoms with Crippen LogP contribution in [-0.4, -0.2) is 12.5 Å². The summed E-state index contributed by atoms with van der Waals surface area (Å²) in [6.45, 7) is 0.791. The van der Waals surface area contributed by atoms with E-state index in [2.05, 4.69) is 5.32 Å². The van der Waals surface area contributed by atoms with Crippen LogP contribution in [0.4, 0.5) is 0 Å². The molecule has 1 amide bonds. The molecular weight excluding hydrogens is 233 g/mol. The molecule has 15 heavy (non-hydrogen) atoms. The molecule has 1 aliphatic heterocycles. The molecule has 0 aromatic heterocycles. The van der Waals surface area contributed by atoms with Crippen LogP contribution in [0.5, 0.6) is 0 Å². The molecule has 2 aliphatic rings. The fourth-order valence-corrected chi connectivity index (χ4v) is 2.78. The van der Waals surface area contributed by atoms with Crippen LogP contribution in [0, 0.1) is 5.92 Å². The molecule has 1 aromatic carbocycles. The largest absolute Gasteiger partial charge is 0.355 e. The molecule has 78 valence electrons. The third kappa shape index (κ3) is 1.15. The lowest BCUT2D eigenvalue weighted by Gasteiger charge is -2.11. The maximum Gasteiger partial charge on any atom is 0.231 e. The van der Waals surface area contributed by atoms with Gasteiger partial charge in [0.2, 0.25) is 5.91 Å². The third-order valence-electron chi connectivity index (χ3n) is 3.45. The number of carbonyl (C=O) groups excluding carboxylic acids is 1. The maximum absolute atomic E-state index is 11.7. The first-order valence-corrected chi connectivity index (χ1v) is 5.64. The Balaban J connectivity index is 2.07. The van der Waals surface area contributed by atoms with Gasteiger partial charge in [-0.25, -0.2) is 0 Å². The van der Waals surface area contributed by atoms with Gasteiger partial charge in [-0.15, -0.1) is 0 Å². The molecule has 0 spiro atoms. The van der Waals surface area contributed by atoms with Crippen LogP contribution < -0.4 is 5.32 Å². The summed E-state index contributed by atoms with van der Waals surface area (Å²) in [4.78, 5) is 11.7. The average Bonchev–Trinajstić information content (AvgIpc) is 2.87. The topological polar surface area (TPSA) is 29.1 Å². The second-order valence-electron chi connectivity index (χ2n) is 4.21. The Morgan fingerprint density at radius 1 is 1.33 bits per heavy atom. The van der Waals surface area contributed by atoms with E-state index >= 15 is 0 Å². The number of carbonyl (C=O) groups is 1. The number of hydrogen-bond donors (Lipinski definition) is 1. The van der Waals surface area contributed by atoms with Gasteiger partial charge in [-0.2, -0.15) is 0 Å². The molecule has 1 aromatic rings. The van der Waals surface area contributed by atoms with Gasteiger partial charge in [0.05, 0.1) is 15.5 Å². The van der Waals surface area contributed by atoms with E-state index in [1.165, 1.54) is 0 Å². The van der Waals surface area contributed by atoms with Crippen LogP contribution in [0.25, 0.3) is 0 Å². The van der Waals surface area contributed by atoms with Gasteiger partial charge in [0, 0.05) is 6.54 Å². The Kier molecular flexibility index (Phi) is 1.83. The summed E-state index contributed by atoms with van der Waals surface area (Å²) >= 11 is 11.8. The highest BCUT2D eigenvalue weighted by Crippen LogP contribution is 2.57. The standard InChI is InChI=1S/C11H9Cl2NO/c12-8-2-1-6(3-9(8)13)11-4-7(11)5-14-10(11)15/h1-3,7H,4-5H2,(H,14,15)/t7-,11+/m0/s1. The second kappa shape index (κ2) is 2.89. The maximum atomic E-state index is 11.7. The average molecular weight is 242 g/mol. The van der Waals surface area contributed by atoms with E-state index in [1.54, 1.807) is 6.07 Å². The van der Waals surface area contributed by atoms with Gasteiger partial charge in [-0.05, 0) is 30.0 Å². The molecule has 1 N–H and O–H groups in total. The number of rotatable bonds is 1. The zero-order valence-corrected chi connectivity index (χ0v) is 9.40. The lowest BCUT2D eigenvalue weighted by atomic mass is 9.94. The van der Waals surface area contributed by atoms with E-state index in [9.17, 15) is 4.79 Å². The Bertz CT molecular complexity index is 460. The summed E-state index contributed by atoms with van der Waals surface area (Å²) in [6.07, 6.45) is 0.941. The zero-order valence-electron chi connectivity index (χ0n) is 7.89. The van der Waals surface area contributed by atoms with Gasteiger partial charge in [0.1, 0.15) is 0 Å². The van der Waals surface area contributed by atoms with Crippen molar-refractivity contribution in [3.63, 3.8) is 0 Å². The smallest absolute Gasteiger partial charge is 0.231 e. The minimum Gasteiger partial charge on any atom is -0.355 e. The van der Waals surface area contributed by atoms with E-state index in [0.29, 0.717) is 16.0 Å². The van der Waals surface area contributed by atoms with Crippen LogP contribution in [-0.2, 0) is 10.2 Å². The van der Waals surface area contributed by atoms with Crippen molar-refractivity contribution >= 4 is 29.1 Å². The third-order valence-corrected chi connectivity index (χ3v) is 4.19. The van der Waals surface area contributed by atoms with Crippen LogP contribution in [0.3, 0.4) is 0 Å². The van der Waals surface area contributed by atoms with Crippen molar-refractivity contribution in [2.45, 2.75) is 11.8 Å². The lowest BCUT2D eigenvalue weighted by molar-refractivity contribution is -0.122. The first-order valence-electron chi connectivity index (χ1n) is 4.88. The fraction of sp³-hybridized carbons (Fsp3) is 0.364. The van der Waals surface area contributed by atoms with Crippen molar-refractivity contribution in [1.82, 2.24) is 5.32 Å². The van der Waals surface area contributed by atoms with Crippen molar-refractivity contribution in [3.8, 4) is 0 Å². The van der Waals surface area contributed by atoms with Crippen LogP contribution in [0.2, 0.25) is 10.0 Å². The SMILES string of the molecule is O=C1NC[C@@H]2C[C@]12c1ccc(Cl)c(Cl)c1. The Morgan fingerprint density at radius 3 is 2.67 bits per heavy atom. The van der Waals surface area contributed by atoms with Crippen LogP contribution in [0.15, 0.2) is 18.2 Å². The van der Waals surface area contributed by atoms with Crippen molar-refractivity contribution < 1.29 is 4.79 Å². The second-order valence-corrected chi connectivity index (χ2v) is 5.03. The Labute approximate surface area is 97.6 Å². The Hall–Kier alpha value is -0.730. The van der Waals surface area contributed by atoms with Crippen molar-refractivity contribution in [1.29, 1.82) is 0 Å². The highest BCUT2D eigenvalue weighted by Gasteiger charge is 2.64. The predicted octanol–water partition coefficient (Wildman–Crippen LogP) is 2.38. The van der Waals surface area contributed by atoms with E-state index in [4.69, 9.17) is 23.2 Å². The normalized spacial score (nSPS) is 32.4. The Morgan fingerprint density at radius 2 is 2.13 bits per heavy atom. The van der Waals surface area contributed by atoms with Crippen molar-refractivity contribution in [3.05, 3.63) is 33.8 Å². The highest BCUT2D eigenvalue weighted by molar-refractivity contribution is 6.42. The number of hydrogen-bond acceptors (Lipinski definition) is 1. The summed E-state index contributed by atoms with van der Waals surface area (Å²) in [5.41, 5.74) is 0.700. The molecule has 2 nitrogen and oxygen atoms in total. The summed E-state index contributed by atoms with van der Waals surface area (Å²) in [5, 5.41) is 3.93. The van der Waals surface area contributed by atoms with Crippen LogP contribution >= 0.6 is 23.2 Å². The highest BCUT2D eigenvalue weighted by atomic mass is 35.5. The monoisotopic (exact) mass is 241 g/mol. The fourth-order valence-electron chi connectivity index (χ4n) is 2.49. The molecule has 2 fully saturated rings. The molecule has 1 saturated carbocycles. The summed E-state index contributed by atoms with van der Waals surface area (Å²) in [7, 11) is 0. The van der Waals surface area contributed by atoms with E-state index in [1.807, 2.05) is 12.1 Å². The number of halogens is 2. The van der Waals surface area contributed by atoms with Crippen molar-refractivity contribution in [2.75, 3.05) is 6.54 Å². The molecular formula is C11H9Cl2NO. The van der Waals surface area contributed by atoms with E-state index in [-0.39, 0.29) is 11.3 Å². The number of benzene rings is 1. The molecule has 0 radical (unpaired) electrons. The molecule has 4 heteroatoms. The van der Waals surface area contributed by atoms with E-state index in [0.717, 1.165) is 18.5 Å². The molecule has 1 saturated heterocycles. The van der Waals surface area contributed by atoms with Crippen LogP contribution in [0.1, 0.15) is 12.0 Å². The van der Waals surface area contributed by atoms with Gasteiger partial charge >= 0.3 is 0 Å². The van der Waals surface area contributed by atoms with Gasteiger partial charge in [-0.3, -0.25) is 4.79 Å². The molecule has 0 bridgehead atoms. The van der Waals surface area contributed by atoms with Gasteiger partial charge in [0.25, 0.3) is 0 Å². The molecule has 0 unspecified atom stereocenters. The quantitative estimate of drug-likeness (QED) is 0.804. The predicted molar refractivity (Wildman–Crippen MR) is 59.3 cm³/mol. The summed E-state index contributed by atoms with van der Waals surface area (Å²) in [5.74, 6) is 0.577. The number of piperidine rings is 1. The molecule has 3 rings (SSSR count). The van der Waals surface area contributed by atoms with Gasteiger partial charge in [0.15, 0.2) is 0 Å².